The van der Waals surface area contributed by atoms with E-state index in [2.05, 4.69) is 10.5 Å². The van der Waals surface area contributed by atoms with Gasteiger partial charge in [-0.1, -0.05) is 5.73 Å². The second-order valence-electron chi connectivity index (χ2n) is 1.40. The first-order valence-corrected chi connectivity index (χ1v) is 3.36. The third-order valence-electron chi connectivity index (χ3n) is 0.515. The summed E-state index contributed by atoms with van der Waals surface area (Å²) in [5.74, 6) is -0.401. The molecule has 0 saturated carbocycles. The van der Waals surface area contributed by atoms with Gasteiger partial charge in [0.15, 0.2) is 0 Å². The van der Waals surface area contributed by atoms with Crippen LogP contribution in [0, 0.1) is 0 Å². The predicted molar refractivity (Wildman–Crippen MR) is 39.9 cm³/mol. The van der Waals surface area contributed by atoms with E-state index < -0.39 is 10.8 Å². The van der Waals surface area contributed by atoms with Crippen LogP contribution < -0.4 is 0 Å². The van der Waals surface area contributed by atoms with Crippen molar-refractivity contribution in [2.24, 2.45) is 0 Å². The molecule has 0 aromatic carbocycles. The summed E-state index contributed by atoms with van der Waals surface area (Å²) < 4.78 is 4.37. The number of carbonyl (C=O) groups is 1. The van der Waals surface area contributed by atoms with Gasteiger partial charge in [0.05, 0.1) is 0 Å². The van der Waals surface area contributed by atoms with Gasteiger partial charge in [0.1, 0.15) is 11.1 Å². The number of ether oxygens (including phenoxy) is 1. The highest BCUT2D eigenvalue weighted by Gasteiger charge is 1.86. The molecule has 10 heavy (non-hydrogen) atoms. The van der Waals surface area contributed by atoms with Crippen LogP contribution in [0.2, 0.25) is 0 Å². The number of hydrogen-bond donors (Lipinski definition) is 0. The summed E-state index contributed by atoms with van der Waals surface area (Å²) in [5.41, 5.74) is 2.46. The van der Waals surface area contributed by atoms with Crippen LogP contribution in [0.4, 0.5) is 0 Å². The Bertz CT molecular complexity index is 169. The maximum Gasteiger partial charge on any atom is 0.308 e. The molecule has 0 bridgehead atoms. The average Bonchev–Trinajstić information content (AvgIpc) is 1.79. The normalized spacial score (nSPS) is 8.40. The highest BCUT2D eigenvalue weighted by atomic mass is 35.5. The minimum atomic E-state index is -0.619. The first-order valence-electron chi connectivity index (χ1n) is 2.49. The molecule has 0 unspecified atom stereocenters. The van der Waals surface area contributed by atoms with Crippen molar-refractivity contribution in [3.63, 3.8) is 0 Å². The number of allylic oxidation sites excluding steroid dienone is 1. The molecule has 56 valence electrons. The van der Waals surface area contributed by atoms with Crippen LogP contribution in [0.3, 0.4) is 0 Å². The summed E-state index contributed by atoms with van der Waals surface area (Å²) in [6.45, 7) is 1.29. The third kappa shape index (κ3) is 7.57. The van der Waals surface area contributed by atoms with Gasteiger partial charge in [-0.25, -0.2) is 0 Å². The van der Waals surface area contributed by atoms with Gasteiger partial charge in [-0.3, -0.25) is 4.79 Å². The molecular weight excluding hydrogens is 175 g/mol. The van der Waals surface area contributed by atoms with Gasteiger partial charge in [-0.05, 0) is 6.08 Å². The SMILES string of the molecule is CC(=O)OC=C=CC(Cl)Cl. The Morgan fingerprint density at radius 1 is 1.70 bits per heavy atom. The number of esters is 1. The molecule has 0 aliphatic heterocycles. The molecule has 2 nitrogen and oxygen atoms in total. The summed E-state index contributed by atoms with van der Waals surface area (Å²) in [6.07, 6.45) is 2.45. The number of hydrogen-bond acceptors (Lipinski definition) is 2. The second-order valence-corrected chi connectivity index (χ2v) is 2.56. The second kappa shape index (κ2) is 5.36. The highest BCUT2D eigenvalue weighted by molar-refractivity contribution is 6.45. The molecule has 4 heteroatoms. The average molecular weight is 181 g/mol. The standard InChI is InChI=1S/C6H6Cl2O2/c1-5(9)10-4-2-3-6(7)8/h3-4,6H,1H3. The van der Waals surface area contributed by atoms with E-state index in [1.54, 1.807) is 0 Å². The fourth-order valence-electron chi connectivity index (χ4n) is 0.229. The van der Waals surface area contributed by atoms with Crippen LogP contribution in [-0.4, -0.2) is 10.8 Å². The van der Waals surface area contributed by atoms with Gasteiger partial charge >= 0.3 is 5.97 Å². The molecule has 0 heterocycles. The van der Waals surface area contributed by atoms with Crippen molar-refractivity contribution in [2.75, 3.05) is 0 Å². The third-order valence-corrected chi connectivity index (χ3v) is 0.767. The molecule has 0 atom stereocenters. The Balaban J connectivity index is 3.65. The molecule has 0 aliphatic rings. The highest BCUT2D eigenvalue weighted by Crippen LogP contribution is 2.00. The fourth-order valence-corrected chi connectivity index (χ4v) is 0.375. The zero-order chi connectivity index (χ0) is 7.98. The summed E-state index contributed by atoms with van der Waals surface area (Å²) in [7, 11) is 0. The summed E-state index contributed by atoms with van der Waals surface area (Å²) in [6, 6.07) is 0. The van der Waals surface area contributed by atoms with E-state index in [1.807, 2.05) is 0 Å². The molecule has 0 rings (SSSR count). The molecular formula is C6H6Cl2O2. The lowest BCUT2D eigenvalue weighted by atomic mass is 10.7. The monoisotopic (exact) mass is 180 g/mol. The number of carbonyl (C=O) groups excluding carboxylic acids is 1. The lowest BCUT2D eigenvalue weighted by Gasteiger charge is -1.85. The van der Waals surface area contributed by atoms with E-state index >= 15 is 0 Å². The van der Waals surface area contributed by atoms with Gasteiger partial charge in [0.25, 0.3) is 0 Å². The smallest absolute Gasteiger partial charge is 0.308 e. The van der Waals surface area contributed by atoms with Gasteiger partial charge < -0.3 is 4.74 Å². The molecule has 0 N–H and O–H groups in total. The van der Waals surface area contributed by atoms with Crippen LogP contribution in [0.15, 0.2) is 18.1 Å². The molecule has 0 saturated heterocycles. The van der Waals surface area contributed by atoms with E-state index in [0.717, 1.165) is 6.26 Å². The molecule has 0 aromatic heterocycles. The van der Waals surface area contributed by atoms with Gasteiger partial charge in [-0.15, -0.1) is 23.2 Å². The van der Waals surface area contributed by atoms with E-state index in [9.17, 15) is 4.79 Å². The molecule has 0 aromatic rings. The molecule has 0 spiro atoms. The largest absolute Gasteiger partial charge is 0.426 e. The lowest BCUT2D eigenvalue weighted by Crippen LogP contribution is -1.88. The first kappa shape index (κ1) is 9.57. The number of rotatable bonds is 2. The van der Waals surface area contributed by atoms with Gasteiger partial charge in [0, 0.05) is 6.92 Å². The first-order chi connectivity index (χ1) is 4.63. The van der Waals surface area contributed by atoms with Crippen molar-refractivity contribution in [2.45, 2.75) is 11.8 Å². The topological polar surface area (TPSA) is 26.3 Å². The fraction of sp³-hybridized carbons (Fsp3) is 0.333. The van der Waals surface area contributed by atoms with Crippen LogP contribution in [-0.2, 0) is 9.53 Å². The van der Waals surface area contributed by atoms with Gasteiger partial charge in [-0.2, -0.15) is 0 Å². The van der Waals surface area contributed by atoms with Crippen molar-refractivity contribution in [3.05, 3.63) is 18.1 Å². The maximum atomic E-state index is 10.1. The Morgan fingerprint density at radius 2 is 2.30 bits per heavy atom. The minimum Gasteiger partial charge on any atom is -0.426 e. The lowest BCUT2D eigenvalue weighted by molar-refractivity contribution is -0.135. The summed E-state index contributed by atoms with van der Waals surface area (Å²) >= 11 is 10.6. The molecule has 0 amide bonds. The van der Waals surface area contributed by atoms with Gasteiger partial charge in [0.2, 0.25) is 0 Å². The van der Waals surface area contributed by atoms with Crippen LogP contribution in [0.1, 0.15) is 6.92 Å². The Morgan fingerprint density at radius 3 is 2.70 bits per heavy atom. The zero-order valence-electron chi connectivity index (χ0n) is 5.30. The number of halogens is 2. The van der Waals surface area contributed by atoms with Crippen molar-refractivity contribution in [3.8, 4) is 0 Å². The van der Waals surface area contributed by atoms with Crippen molar-refractivity contribution in [1.82, 2.24) is 0 Å². The number of alkyl halides is 2. The van der Waals surface area contributed by atoms with Crippen molar-refractivity contribution < 1.29 is 9.53 Å². The van der Waals surface area contributed by atoms with Crippen molar-refractivity contribution in [1.29, 1.82) is 0 Å². The molecule has 0 radical (unpaired) electrons. The predicted octanol–water partition coefficient (Wildman–Crippen LogP) is 2.02. The van der Waals surface area contributed by atoms with E-state index in [0.29, 0.717) is 0 Å². The zero-order valence-corrected chi connectivity index (χ0v) is 6.82. The minimum absolute atomic E-state index is 0.401. The van der Waals surface area contributed by atoms with E-state index in [1.165, 1.54) is 13.0 Å². The molecule has 0 fully saturated rings. The van der Waals surface area contributed by atoms with Crippen molar-refractivity contribution >= 4 is 29.2 Å². The van der Waals surface area contributed by atoms with Crippen LogP contribution in [0.5, 0.6) is 0 Å². The molecule has 0 aliphatic carbocycles. The maximum absolute atomic E-state index is 10.1. The van der Waals surface area contributed by atoms with E-state index in [4.69, 9.17) is 23.2 Å². The summed E-state index contributed by atoms with van der Waals surface area (Å²) in [5, 5.41) is 0. The quantitative estimate of drug-likeness (QED) is 0.282. The Hall–Kier alpha value is -0.430. The van der Waals surface area contributed by atoms with Crippen LogP contribution in [0.25, 0.3) is 0 Å². The Labute approximate surface area is 69.1 Å². The van der Waals surface area contributed by atoms with Crippen LogP contribution >= 0.6 is 23.2 Å². The summed E-state index contributed by atoms with van der Waals surface area (Å²) in [4.78, 5) is 9.50. The van der Waals surface area contributed by atoms with E-state index in [-0.39, 0.29) is 0 Å². The Kier molecular flexibility index (Phi) is 5.13.